The molecule has 0 saturated heterocycles. The maximum atomic E-state index is 5.56. The number of nitrogens with two attached hydrogens (primary N) is 1. The molecule has 0 amide bonds. The molecule has 0 bridgehead atoms. The Bertz CT molecular complexity index is 362. The number of hydrogen-bond acceptors (Lipinski definition) is 6. The number of ether oxygens (including phenoxy) is 2. The lowest BCUT2D eigenvalue weighted by Gasteiger charge is -2.09. The molecular formula is C10H16N4O2S. The van der Waals surface area contributed by atoms with Crippen LogP contribution in [0.5, 0.6) is 0 Å². The molecule has 0 saturated carbocycles. The Hall–Kier alpha value is -1.31. The zero-order chi connectivity index (χ0) is 12.5. The van der Waals surface area contributed by atoms with Crippen molar-refractivity contribution in [2.24, 2.45) is 5.73 Å². The van der Waals surface area contributed by atoms with Crippen LogP contribution in [0.25, 0.3) is 0 Å². The van der Waals surface area contributed by atoms with Crippen LogP contribution in [0.3, 0.4) is 0 Å². The van der Waals surface area contributed by atoms with Crippen molar-refractivity contribution in [2.75, 3.05) is 38.8 Å². The number of nitrogens with one attached hydrogen (secondary N) is 1. The molecule has 1 aromatic rings. The summed E-state index contributed by atoms with van der Waals surface area (Å²) in [6.45, 7) is 2.32. The number of anilines is 1. The van der Waals surface area contributed by atoms with Crippen molar-refractivity contribution in [2.45, 2.75) is 0 Å². The second-order valence-electron chi connectivity index (χ2n) is 3.19. The molecule has 0 aromatic carbocycles. The monoisotopic (exact) mass is 256 g/mol. The van der Waals surface area contributed by atoms with E-state index < -0.39 is 0 Å². The molecule has 94 valence electrons. The van der Waals surface area contributed by atoms with Crippen LogP contribution in [0.2, 0.25) is 0 Å². The van der Waals surface area contributed by atoms with E-state index in [2.05, 4.69) is 15.5 Å². The molecule has 7 heteroatoms. The number of hydrogen-bond donors (Lipinski definition) is 2. The Morgan fingerprint density at radius 1 is 1.47 bits per heavy atom. The van der Waals surface area contributed by atoms with Gasteiger partial charge in [0, 0.05) is 13.7 Å². The summed E-state index contributed by atoms with van der Waals surface area (Å²) >= 11 is 4.91. The van der Waals surface area contributed by atoms with E-state index in [0.717, 1.165) is 0 Å². The van der Waals surface area contributed by atoms with Crippen LogP contribution in [0, 0.1) is 0 Å². The second-order valence-corrected chi connectivity index (χ2v) is 3.63. The van der Waals surface area contributed by atoms with Crippen LogP contribution in [0.4, 0.5) is 5.82 Å². The Balaban J connectivity index is 2.34. The van der Waals surface area contributed by atoms with E-state index >= 15 is 0 Å². The minimum absolute atomic E-state index is 0.294. The van der Waals surface area contributed by atoms with Gasteiger partial charge in [0.2, 0.25) is 0 Å². The highest BCUT2D eigenvalue weighted by Gasteiger charge is 2.05. The van der Waals surface area contributed by atoms with Crippen molar-refractivity contribution in [1.29, 1.82) is 0 Å². The van der Waals surface area contributed by atoms with Crippen LogP contribution in [-0.2, 0) is 9.47 Å². The van der Waals surface area contributed by atoms with E-state index in [-0.39, 0.29) is 0 Å². The maximum Gasteiger partial charge on any atom is 0.159 e. The molecule has 1 aromatic heterocycles. The first-order chi connectivity index (χ1) is 8.25. The first-order valence-electron chi connectivity index (χ1n) is 5.17. The van der Waals surface area contributed by atoms with Crippen molar-refractivity contribution in [3.8, 4) is 0 Å². The smallest absolute Gasteiger partial charge is 0.159 e. The standard InChI is InChI=1S/C10H16N4O2S/c1-15-6-7-16-5-4-12-10-8(9(11)17)2-3-13-14-10/h2-3H,4-7H2,1H3,(H2,11,17)(H,12,14). The molecule has 0 spiro atoms. The predicted octanol–water partition coefficient (Wildman–Crippen LogP) is 0.186. The van der Waals surface area contributed by atoms with Gasteiger partial charge in [0.05, 0.1) is 31.6 Å². The third kappa shape index (κ3) is 5.03. The Morgan fingerprint density at radius 3 is 3.00 bits per heavy atom. The van der Waals surface area contributed by atoms with Crippen LogP contribution in [0.15, 0.2) is 12.3 Å². The quantitative estimate of drug-likeness (QED) is 0.507. The molecule has 0 radical (unpaired) electrons. The van der Waals surface area contributed by atoms with Gasteiger partial charge in [-0.1, -0.05) is 12.2 Å². The number of nitrogens with zero attached hydrogens (tertiary/aromatic N) is 2. The van der Waals surface area contributed by atoms with Gasteiger partial charge in [-0.15, -0.1) is 5.10 Å². The molecule has 0 unspecified atom stereocenters. The fourth-order valence-electron chi connectivity index (χ4n) is 1.15. The van der Waals surface area contributed by atoms with E-state index in [1.54, 1.807) is 19.4 Å². The van der Waals surface area contributed by atoms with Gasteiger partial charge >= 0.3 is 0 Å². The predicted molar refractivity (Wildman–Crippen MR) is 69.1 cm³/mol. The fourth-order valence-corrected chi connectivity index (χ4v) is 1.31. The molecule has 1 rings (SSSR count). The molecule has 1 heterocycles. The maximum absolute atomic E-state index is 5.56. The molecule has 17 heavy (non-hydrogen) atoms. The molecule has 0 aliphatic rings. The summed E-state index contributed by atoms with van der Waals surface area (Å²) < 4.78 is 10.2. The largest absolute Gasteiger partial charge is 0.389 e. The number of methoxy groups -OCH3 is 1. The summed E-state index contributed by atoms with van der Waals surface area (Å²) in [4.78, 5) is 0.294. The molecule has 0 aliphatic heterocycles. The van der Waals surface area contributed by atoms with E-state index in [4.69, 9.17) is 27.4 Å². The highest BCUT2D eigenvalue weighted by atomic mass is 32.1. The van der Waals surface area contributed by atoms with Crippen molar-refractivity contribution in [3.05, 3.63) is 17.8 Å². The Morgan fingerprint density at radius 2 is 2.29 bits per heavy atom. The van der Waals surface area contributed by atoms with Crippen molar-refractivity contribution < 1.29 is 9.47 Å². The van der Waals surface area contributed by atoms with Crippen molar-refractivity contribution in [3.63, 3.8) is 0 Å². The minimum atomic E-state index is 0.294. The highest BCUT2D eigenvalue weighted by Crippen LogP contribution is 2.08. The minimum Gasteiger partial charge on any atom is -0.389 e. The summed E-state index contributed by atoms with van der Waals surface area (Å²) in [5, 5.41) is 10.8. The van der Waals surface area contributed by atoms with Crippen LogP contribution < -0.4 is 11.1 Å². The highest BCUT2D eigenvalue weighted by molar-refractivity contribution is 7.80. The summed E-state index contributed by atoms with van der Waals surface area (Å²) in [7, 11) is 1.63. The summed E-state index contributed by atoms with van der Waals surface area (Å²) in [6, 6.07) is 1.73. The Labute approximate surface area is 106 Å². The van der Waals surface area contributed by atoms with Gasteiger partial charge < -0.3 is 20.5 Å². The topological polar surface area (TPSA) is 82.3 Å². The van der Waals surface area contributed by atoms with Crippen molar-refractivity contribution >= 4 is 23.0 Å². The molecule has 0 atom stereocenters. The fraction of sp³-hybridized carbons (Fsp3) is 0.500. The normalized spacial score (nSPS) is 10.2. The first-order valence-corrected chi connectivity index (χ1v) is 5.58. The number of rotatable bonds is 8. The molecule has 3 N–H and O–H groups in total. The third-order valence-corrected chi connectivity index (χ3v) is 2.18. The lowest BCUT2D eigenvalue weighted by molar-refractivity contribution is 0.0759. The Kier molecular flexibility index (Phi) is 6.38. The molecule has 0 aliphatic carbocycles. The van der Waals surface area contributed by atoms with Gasteiger partial charge in [-0.05, 0) is 6.07 Å². The van der Waals surface area contributed by atoms with Gasteiger partial charge in [-0.3, -0.25) is 0 Å². The lowest BCUT2D eigenvalue weighted by Crippen LogP contribution is -2.18. The van der Waals surface area contributed by atoms with Crippen LogP contribution in [-0.4, -0.2) is 48.7 Å². The van der Waals surface area contributed by atoms with Gasteiger partial charge in [-0.2, -0.15) is 5.10 Å². The van der Waals surface area contributed by atoms with Crippen LogP contribution in [0.1, 0.15) is 5.56 Å². The van der Waals surface area contributed by atoms with E-state index in [1.807, 2.05) is 0 Å². The van der Waals surface area contributed by atoms with Gasteiger partial charge in [0.1, 0.15) is 4.99 Å². The van der Waals surface area contributed by atoms with E-state index in [9.17, 15) is 0 Å². The third-order valence-electron chi connectivity index (χ3n) is 1.96. The number of thiocarbonyl (C=S) groups is 1. The summed E-state index contributed by atoms with van der Waals surface area (Å²) in [5.41, 5.74) is 6.25. The molecular weight excluding hydrogens is 240 g/mol. The average molecular weight is 256 g/mol. The SMILES string of the molecule is COCCOCCNc1nnccc1C(N)=S. The van der Waals surface area contributed by atoms with Gasteiger partial charge in [0.25, 0.3) is 0 Å². The summed E-state index contributed by atoms with van der Waals surface area (Å²) in [5.74, 6) is 0.579. The van der Waals surface area contributed by atoms with Crippen LogP contribution >= 0.6 is 12.2 Å². The first kappa shape index (κ1) is 13.8. The average Bonchev–Trinajstić information content (AvgIpc) is 2.34. The van der Waals surface area contributed by atoms with E-state index in [0.29, 0.717) is 42.7 Å². The number of aromatic nitrogens is 2. The van der Waals surface area contributed by atoms with Crippen molar-refractivity contribution in [1.82, 2.24) is 10.2 Å². The van der Waals surface area contributed by atoms with Gasteiger partial charge in [-0.25, -0.2) is 0 Å². The zero-order valence-corrected chi connectivity index (χ0v) is 10.5. The van der Waals surface area contributed by atoms with E-state index in [1.165, 1.54) is 0 Å². The molecule has 6 nitrogen and oxygen atoms in total. The second kappa shape index (κ2) is 7.88. The zero-order valence-electron chi connectivity index (χ0n) is 9.68. The van der Waals surface area contributed by atoms with Gasteiger partial charge in [0.15, 0.2) is 5.82 Å². The molecule has 0 fully saturated rings. The summed E-state index contributed by atoms with van der Waals surface area (Å²) in [6.07, 6.45) is 1.55. The lowest BCUT2D eigenvalue weighted by atomic mass is 10.3.